The molecule has 0 saturated carbocycles. The van der Waals surface area contributed by atoms with Gasteiger partial charge in [0.25, 0.3) is 0 Å². The fourth-order valence-electron chi connectivity index (χ4n) is 2.25. The van der Waals surface area contributed by atoms with Gasteiger partial charge in [-0.05, 0) is 31.0 Å². The van der Waals surface area contributed by atoms with Crippen molar-refractivity contribution in [1.29, 1.82) is 0 Å². The highest BCUT2D eigenvalue weighted by Gasteiger charge is 2.63. The molecular weight excluding hydrogens is 359 g/mol. The van der Waals surface area contributed by atoms with Crippen LogP contribution in [0.5, 0.6) is 0 Å². The molecule has 0 radical (unpaired) electrons. The summed E-state index contributed by atoms with van der Waals surface area (Å²) in [6.45, 7) is 4.52. The first-order valence-electron chi connectivity index (χ1n) is 7.10. The average molecular weight is 375 g/mol. The van der Waals surface area contributed by atoms with Crippen molar-refractivity contribution < 1.29 is 27.5 Å². The lowest BCUT2D eigenvalue weighted by molar-refractivity contribution is -0.206. The number of nitrogens with one attached hydrogen (secondary N) is 2. The maximum atomic E-state index is 13.7. The number of carbonyl (C=O) groups is 2. The third-order valence-corrected chi connectivity index (χ3v) is 4.60. The largest absolute Gasteiger partial charge is 0.466 e. The SMILES string of the molecule is COC(=O)[C@](NC(C)=O)(Nc1nc2c(C)c(C)ccc2s1)C(F)(F)F. The van der Waals surface area contributed by atoms with E-state index in [1.54, 1.807) is 18.3 Å². The topological polar surface area (TPSA) is 80.3 Å². The number of methoxy groups -OCH3 is 1. The van der Waals surface area contributed by atoms with Crippen LogP contribution in [0, 0.1) is 13.8 Å². The van der Waals surface area contributed by atoms with E-state index < -0.39 is 23.7 Å². The summed E-state index contributed by atoms with van der Waals surface area (Å²) in [4.78, 5) is 27.4. The fraction of sp³-hybridized carbons (Fsp3) is 0.400. The van der Waals surface area contributed by atoms with E-state index in [0.717, 1.165) is 36.5 Å². The van der Waals surface area contributed by atoms with Crippen LogP contribution in [-0.2, 0) is 14.3 Å². The number of aromatic nitrogens is 1. The smallest absolute Gasteiger partial charge is 0.442 e. The number of thiazole rings is 1. The molecule has 2 N–H and O–H groups in total. The second kappa shape index (κ2) is 6.51. The van der Waals surface area contributed by atoms with Crippen LogP contribution < -0.4 is 10.6 Å². The number of esters is 1. The quantitative estimate of drug-likeness (QED) is 0.635. The van der Waals surface area contributed by atoms with E-state index in [1.165, 1.54) is 0 Å². The van der Waals surface area contributed by atoms with E-state index in [9.17, 15) is 22.8 Å². The molecule has 0 fully saturated rings. The Bertz CT molecular complexity index is 835. The molecule has 2 aromatic rings. The molecule has 1 aromatic carbocycles. The van der Waals surface area contributed by atoms with Crippen molar-refractivity contribution in [3.8, 4) is 0 Å². The normalized spacial score (nSPS) is 14.0. The molecule has 0 aliphatic rings. The van der Waals surface area contributed by atoms with Crippen molar-refractivity contribution in [3.63, 3.8) is 0 Å². The number of aryl methyl sites for hydroxylation is 2. The zero-order chi connectivity index (χ0) is 19.0. The van der Waals surface area contributed by atoms with Crippen LogP contribution >= 0.6 is 11.3 Å². The second-order valence-corrected chi connectivity index (χ2v) is 6.45. The van der Waals surface area contributed by atoms with Crippen LogP contribution in [0.4, 0.5) is 18.3 Å². The predicted molar refractivity (Wildman–Crippen MR) is 87.3 cm³/mol. The molecule has 0 aliphatic carbocycles. The number of anilines is 1. The molecule has 1 amide bonds. The number of benzene rings is 1. The van der Waals surface area contributed by atoms with Crippen LogP contribution in [0.25, 0.3) is 10.2 Å². The number of carbonyl (C=O) groups excluding carboxylic acids is 2. The highest BCUT2D eigenvalue weighted by atomic mass is 32.1. The van der Waals surface area contributed by atoms with Gasteiger partial charge in [0.05, 0.1) is 17.3 Å². The molecule has 0 saturated heterocycles. The number of ether oxygens (including phenoxy) is 1. The molecule has 2 rings (SSSR count). The third-order valence-electron chi connectivity index (χ3n) is 3.66. The molecular formula is C15H16F3N3O3S. The summed E-state index contributed by atoms with van der Waals surface area (Å²) in [5.74, 6) is -2.74. The van der Waals surface area contributed by atoms with Crippen LogP contribution in [0.15, 0.2) is 12.1 Å². The first-order chi connectivity index (χ1) is 11.5. The zero-order valence-corrected chi connectivity index (χ0v) is 14.7. The number of amides is 1. The van der Waals surface area contributed by atoms with Crippen molar-refractivity contribution in [3.05, 3.63) is 23.3 Å². The van der Waals surface area contributed by atoms with Gasteiger partial charge in [-0.3, -0.25) is 4.79 Å². The Balaban J connectivity index is 2.58. The van der Waals surface area contributed by atoms with E-state index in [1.807, 2.05) is 18.3 Å². The molecule has 1 heterocycles. The minimum absolute atomic E-state index is 0.167. The molecule has 0 spiro atoms. The summed E-state index contributed by atoms with van der Waals surface area (Å²) in [6.07, 6.45) is -5.16. The summed E-state index contributed by atoms with van der Waals surface area (Å²) in [6, 6.07) is 3.55. The minimum atomic E-state index is -5.16. The van der Waals surface area contributed by atoms with Crippen LogP contribution in [0.3, 0.4) is 0 Å². The first kappa shape index (κ1) is 19.0. The predicted octanol–water partition coefficient (Wildman–Crippen LogP) is 2.89. The highest BCUT2D eigenvalue weighted by molar-refractivity contribution is 7.22. The highest BCUT2D eigenvalue weighted by Crippen LogP contribution is 2.36. The molecule has 10 heteroatoms. The molecule has 0 aliphatic heterocycles. The Morgan fingerprint density at radius 3 is 2.40 bits per heavy atom. The monoisotopic (exact) mass is 375 g/mol. The van der Waals surface area contributed by atoms with Crippen molar-refractivity contribution in [1.82, 2.24) is 10.3 Å². The van der Waals surface area contributed by atoms with E-state index in [2.05, 4.69) is 9.72 Å². The summed E-state index contributed by atoms with van der Waals surface area (Å²) in [7, 11) is 0.804. The van der Waals surface area contributed by atoms with Crippen molar-refractivity contribution in [2.75, 3.05) is 12.4 Å². The standard InChI is InChI=1S/C15H16F3N3O3S/c1-7-5-6-10-11(8(7)2)19-13(25-10)21-14(12(23)24-4,15(16,17)18)20-9(3)22/h5-6H,1-4H3,(H,19,21)(H,20,22)/t14-/m0/s1. The van der Waals surface area contributed by atoms with E-state index in [0.29, 0.717) is 10.2 Å². The lowest BCUT2D eigenvalue weighted by atomic mass is 10.1. The lowest BCUT2D eigenvalue weighted by Crippen LogP contribution is -2.69. The van der Waals surface area contributed by atoms with Gasteiger partial charge in [-0.25, -0.2) is 9.78 Å². The number of hydrogen-bond acceptors (Lipinski definition) is 6. The molecule has 6 nitrogen and oxygen atoms in total. The number of hydrogen-bond donors (Lipinski definition) is 2. The maximum absolute atomic E-state index is 13.7. The number of nitrogens with zero attached hydrogens (tertiary/aromatic N) is 1. The average Bonchev–Trinajstić information content (AvgIpc) is 2.91. The maximum Gasteiger partial charge on any atom is 0.442 e. The first-order valence-corrected chi connectivity index (χ1v) is 7.92. The third kappa shape index (κ3) is 3.39. The lowest BCUT2D eigenvalue weighted by Gasteiger charge is -2.33. The van der Waals surface area contributed by atoms with Gasteiger partial charge in [0.15, 0.2) is 5.13 Å². The van der Waals surface area contributed by atoms with Gasteiger partial charge in [0, 0.05) is 6.92 Å². The Labute approximate surface area is 145 Å². The molecule has 25 heavy (non-hydrogen) atoms. The number of rotatable bonds is 4. The molecule has 1 atom stereocenters. The Kier molecular flexibility index (Phi) is 4.94. The van der Waals surface area contributed by atoms with Gasteiger partial charge < -0.3 is 15.4 Å². The van der Waals surface area contributed by atoms with Gasteiger partial charge in [-0.15, -0.1) is 0 Å². The number of alkyl halides is 3. The molecule has 0 bridgehead atoms. The summed E-state index contributed by atoms with van der Waals surface area (Å²) in [5.41, 5.74) is -1.15. The number of fused-ring (bicyclic) bond motifs is 1. The zero-order valence-electron chi connectivity index (χ0n) is 13.9. The summed E-state index contributed by atoms with van der Waals surface area (Å²) in [5, 5.41) is 3.48. The van der Waals surface area contributed by atoms with Crippen LogP contribution in [-0.4, -0.2) is 35.8 Å². The van der Waals surface area contributed by atoms with E-state index >= 15 is 0 Å². The Hall–Kier alpha value is -2.36. The molecule has 136 valence electrons. The van der Waals surface area contributed by atoms with Gasteiger partial charge in [0.2, 0.25) is 5.91 Å². The summed E-state index contributed by atoms with van der Waals surface area (Å²) >= 11 is 0.937. The van der Waals surface area contributed by atoms with Gasteiger partial charge in [0.1, 0.15) is 0 Å². The molecule has 0 unspecified atom stereocenters. The Morgan fingerprint density at radius 1 is 1.24 bits per heavy atom. The van der Waals surface area contributed by atoms with Crippen molar-refractivity contribution >= 4 is 38.6 Å². The van der Waals surface area contributed by atoms with Gasteiger partial charge in [-0.1, -0.05) is 17.4 Å². The van der Waals surface area contributed by atoms with Crippen molar-refractivity contribution in [2.45, 2.75) is 32.6 Å². The Morgan fingerprint density at radius 2 is 1.88 bits per heavy atom. The van der Waals surface area contributed by atoms with Crippen LogP contribution in [0.2, 0.25) is 0 Å². The summed E-state index contributed by atoms with van der Waals surface area (Å²) < 4.78 is 45.9. The fourth-order valence-corrected chi connectivity index (χ4v) is 3.23. The number of halogens is 3. The minimum Gasteiger partial charge on any atom is -0.466 e. The van der Waals surface area contributed by atoms with Gasteiger partial charge in [-0.2, -0.15) is 13.2 Å². The van der Waals surface area contributed by atoms with E-state index in [-0.39, 0.29) is 5.13 Å². The van der Waals surface area contributed by atoms with E-state index in [4.69, 9.17) is 0 Å². The second-order valence-electron chi connectivity index (χ2n) is 5.42. The van der Waals surface area contributed by atoms with Gasteiger partial charge >= 0.3 is 17.8 Å². The molecule has 1 aromatic heterocycles. The van der Waals surface area contributed by atoms with Crippen LogP contribution in [0.1, 0.15) is 18.1 Å². The van der Waals surface area contributed by atoms with Crippen molar-refractivity contribution in [2.24, 2.45) is 0 Å².